The second-order valence-electron chi connectivity index (χ2n) is 2.49. The van der Waals surface area contributed by atoms with Crippen molar-refractivity contribution in [1.29, 1.82) is 0 Å². The van der Waals surface area contributed by atoms with Crippen LogP contribution in [0.4, 0.5) is 13.2 Å². The van der Waals surface area contributed by atoms with Crippen LogP contribution in [0.25, 0.3) is 0 Å². The Kier molecular flexibility index (Phi) is 2.39. The molecule has 0 saturated carbocycles. The van der Waals surface area contributed by atoms with Crippen molar-refractivity contribution in [3.05, 3.63) is 6.54 Å². The summed E-state index contributed by atoms with van der Waals surface area (Å²) in [4.78, 5) is 1.49. The van der Waals surface area contributed by atoms with Crippen LogP contribution in [0.2, 0.25) is 0 Å². The molecule has 1 heterocycles. The molecule has 0 N–H and O–H groups in total. The average Bonchev–Trinajstić information content (AvgIpc) is 1.86. The van der Waals surface area contributed by atoms with E-state index in [2.05, 4.69) is 4.74 Å². The first kappa shape index (κ1) is 8.80. The van der Waals surface area contributed by atoms with Gasteiger partial charge in [-0.2, -0.15) is 13.2 Å². The second kappa shape index (κ2) is 2.98. The number of hydrogen-bond acceptors (Lipinski definition) is 2. The third kappa shape index (κ3) is 2.34. The van der Waals surface area contributed by atoms with Gasteiger partial charge in [0.15, 0.2) is 6.10 Å². The normalized spacial score (nSPS) is 28.9. The van der Waals surface area contributed by atoms with E-state index >= 15 is 0 Å². The summed E-state index contributed by atoms with van der Waals surface area (Å²) < 4.78 is 40.3. The number of morpholine rings is 1. The fraction of sp³-hybridized carbons (Fsp3) is 0.833. The van der Waals surface area contributed by atoms with E-state index in [0.29, 0.717) is 0 Å². The van der Waals surface area contributed by atoms with E-state index in [-0.39, 0.29) is 13.2 Å². The Hall–Kier alpha value is -0.290. The molecule has 0 bridgehead atoms. The number of ether oxygens (including phenoxy) is 1. The van der Waals surface area contributed by atoms with Gasteiger partial charge in [-0.1, -0.05) is 0 Å². The molecule has 1 aliphatic heterocycles. The smallest absolute Gasteiger partial charge is 0.366 e. The van der Waals surface area contributed by atoms with Gasteiger partial charge in [0.05, 0.1) is 13.2 Å². The zero-order valence-corrected chi connectivity index (χ0v) is 6.06. The SMILES string of the molecule is CN1[CH]COC(C(F)(F)F)C1. The van der Waals surface area contributed by atoms with Crippen LogP contribution < -0.4 is 0 Å². The second-order valence-corrected chi connectivity index (χ2v) is 2.49. The molecule has 1 aliphatic rings. The molecule has 0 aromatic rings. The van der Waals surface area contributed by atoms with E-state index in [1.54, 1.807) is 13.6 Å². The van der Waals surface area contributed by atoms with Crippen molar-refractivity contribution in [3.8, 4) is 0 Å². The van der Waals surface area contributed by atoms with Gasteiger partial charge in [-0.15, -0.1) is 0 Å². The van der Waals surface area contributed by atoms with Crippen molar-refractivity contribution in [3.63, 3.8) is 0 Å². The molecule has 0 spiro atoms. The standard InChI is InChI=1S/C6H9F3NO/c1-10-2-3-11-5(4-10)6(7,8)9/h2,5H,3-4H2,1H3. The van der Waals surface area contributed by atoms with Crippen molar-refractivity contribution in [1.82, 2.24) is 4.90 Å². The molecular weight excluding hydrogens is 159 g/mol. The minimum atomic E-state index is -4.23. The highest BCUT2D eigenvalue weighted by Gasteiger charge is 2.42. The molecule has 0 aliphatic carbocycles. The minimum absolute atomic E-state index is 0.0423. The highest BCUT2D eigenvalue weighted by molar-refractivity contribution is 4.80. The first-order chi connectivity index (χ1) is 5.00. The van der Waals surface area contributed by atoms with Gasteiger partial charge in [0.2, 0.25) is 0 Å². The first-order valence-corrected chi connectivity index (χ1v) is 3.22. The van der Waals surface area contributed by atoms with Crippen LogP contribution in [0.1, 0.15) is 0 Å². The van der Waals surface area contributed by atoms with Crippen LogP contribution in [0.5, 0.6) is 0 Å². The Balaban J connectivity index is 2.46. The zero-order chi connectivity index (χ0) is 8.48. The van der Waals surface area contributed by atoms with Gasteiger partial charge in [-0.3, -0.25) is 4.90 Å². The summed E-state index contributed by atoms with van der Waals surface area (Å²) >= 11 is 0. The van der Waals surface area contributed by atoms with Gasteiger partial charge in [0.1, 0.15) is 0 Å². The summed E-state index contributed by atoms with van der Waals surface area (Å²) in [7, 11) is 1.60. The maximum Gasteiger partial charge on any atom is 0.415 e. The number of halogens is 3. The van der Waals surface area contributed by atoms with Crippen molar-refractivity contribution in [2.45, 2.75) is 12.3 Å². The summed E-state index contributed by atoms with van der Waals surface area (Å²) in [6, 6.07) is 0. The molecule has 1 rings (SSSR count). The molecule has 5 heteroatoms. The van der Waals surface area contributed by atoms with Gasteiger partial charge in [0.25, 0.3) is 0 Å². The Morgan fingerprint density at radius 3 is 2.55 bits per heavy atom. The van der Waals surface area contributed by atoms with Crippen molar-refractivity contribution in [2.75, 3.05) is 20.2 Å². The van der Waals surface area contributed by atoms with E-state index in [9.17, 15) is 13.2 Å². The summed E-state index contributed by atoms with van der Waals surface area (Å²) in [6.45, 7) is 1.52. The fourth-order valence-corrected chi connectivity index (χ4v) is 0.873. The summed E-state index contributed by atoms with van der Waals surface area (Å²) in [5.74, 6) is 0. The van der Waals surface area contributed by atoms with Gasteiger partial charge in [-0.05, 0) is 7.05 Å². The predicted octanol–water partition coefficient (Wildman–Crippen LogP) is 1.04. The molecule has 2 nitrogen and oxygen atoms in total. The lowest BCUT2D eigenvalue weighted by atomic mass is 10.3. The number of alkyl halides is 3. The number of nitrogens with zero attached hydrogens (tertiary/aromatic N) is 1. The number of hydrogen-bond donors (Lipinski definition) is 0. The highest BCUT2D eigenvalue weighted by atomic mass is 19.4. The van der Waals surface area contributed by atoms with Crippen molar-refractivity contribution >= 4 is 0 Å². The van der Waals surface area contributed by atoms with Crippen LogP contribution in [0.15, 0.2) is 0 Å². The van der Waals surface area contributed by atoms with Crippen LogP contribution in [0.3, 0.4) is 0 Å². The molecule has 0 aromatic heterocycles. The van der Waals surface area contributed by atoms with Crippen LogP contribution in [-0.2, 0) is 4.74 Å². The molecule has 65 valence electrons. The highest BCUT2D eigenvalue weighted by Crippen LogP contribution is 2.25. The van der Waals surface area contributed by atoms with E-state index in [1.807, 2.05) is 0 Å². The first-order valence-electron chi connectivity index (χ1n) is 3.22. The van der Waals surface area contributed by atoms with E-state index in [1.165, 1.54) is 4.90 Å². The van der Waals surface area contributed by atoms with Crippen LogP contribution >= 0.6 is 0 Å². The largest absolute Gasteiger partial charge is 0.415 e. The molecule has 1 unspecified atom stereocenters. The maximum atomic E-state index is 11.9. The Morgan fingerprint density at radius 1 is 1.55 bits per heavy atom. The predicted molar refractivity (Wildman–Crippen MR) is 32.7 cm³/mol. The molecule has 1 radical (unpaired) electrons. The Bertz CT molecular complexity index is 136. The molecule has 0 aromatic carbocycles. The van der Waals surface area contributed by atoms with E-state index in [0.717, 1.165) is 0 Å². The van der Waals surface area contributed by atoms with E-state index < -0.39 is 12.3 Å². The maximum absolute atomic E-state index is 11.9. The van der Waals surface area contributed by atoms with Gasteiger partial charge >= 0.3 is 6.18 Å². The molecule has 1 atom stereocenters. The average molecular weight is 168 g/mol. The van der Waals surface area contributed by atoms with Crippen molar-refractivity contribution in [2.24, 2.45) is 0 Å². The summed E-state index contributed by atoms with van der Waals surface area (Å²) in [6.07, 6.45) is -5.86. The Labute approximate surface area is 62.9 Å². The topological polar surface area (TPSA) is 12.5 Å². The molecule has 1 saturated heterocycles. The lowest BCUT2D eigenvalue weighted by Gasteiger charge is -2.30. The third-order valence-corrected chi connectivity index (χ3v) is 1.50. The Morgan fingerprint density at radius 2 is 2.18 bits per heavy atom. The van der Waals surface area contributed by atoms with Gasteiger partial charge < -0.3 is 4.74 Å². The monoisotopic (exact) mass is 168 g/mol. The van der Waals surface area contributed by atoms with Crippen LogP contribution in [0, 0.1) is 6.54 Å². The molecule has 0 amide bonds. The third-order valence-electron chi connectivity index (χ3n) is 1.50. The minimum Gasteiger partial charge on any atom is -0.366 e. The van der Waals surface area contributed by atoms with Gasteiger partial charge in [-0.25, -0.2) is 0 Å². The summed E-state index contributed by atoms with van der Waals surface area (Å²) in [5, 5.41) is 0. The van der Waals surface area contributed by atoms with Crippen LogP contribution in [-0.4, -0.2) is 37.4 Å². The lowest BCUT2D eigenvalue weighted by molar-refractivity contribution is -0.230. The quantitative estimate of drug-likeness (QED) is 0.536. The molecule has 11 heavy (non-hydrogen) atoms. The number of rotatable bonds is 0. The number of likely N-dealkylation sites (N-methyl/N-ethyl adjacent to an activating group) is 1. The molecular formula is C6H9F3NO. The fourth-order valence-electron chi connectivity index (χ4n) is 0.873. The van der Waals surface area contributed by atoms with Gasteiger partial charge in [0, 0.05) is 6.54 Å². The molecule has 1 fully saturated rings. The lowest BCUT2D eigenvalue weighted by Crippen LogP contribution is -2.45. The summed E-state index contributed by atoms with van der Waals surface area (Å²) in [5.41, 5.74) is 0. The van der Waals surface area contributed by atoms with Crippen molar-refractivity contribution < 1.29 is 17.9 Å². The zero-order valence-electron chi connectivity index (χ0n) is 6.06. The van der Waals surface area contributed by atoms with E-state index in [4.69, 9.17) is 0 Å².